The second-order valence-corrected chi connectivity index (χ2v) is 6.00. The van der Waals surface area contributed by atoms with E-state index in [-0.39, 0.29) is 11.7 Å². The Morgan fingerprint density at radius 2 is 2.12 bits per heavy atom. The lowest BCUT2D eigenvalue weighted by atomic mass is 10.2. The van der Waals surface area contributed by atoms with Crippen LogP contribution in [0.15, 0.2) is 54.2 Å². The summed E-state index contributed by atoms with van der Waals surface area (Å²) in [6.45, 7) is 1.96. The quantitative estimate of drug-likeness (QED) is 0.696. The Hall–Kier alpha value is -2.74. The van der Waals surface area contributed by atoms with E-state index in [0.717, 1.165) is 5.56 Å². The van der Waals surface area contributed by atoms with Crippen molar-refractivity contribution in [2.24, 2.45) is 0 Å². The molecule has 0 aliphatic carbocycles. The maximum absolute atomic E-state index is 12.2. The monoisotopic (exact) mass is 343 g/mol. The van der Waals surface area contributed by atoms with Gasteiger partial charge < -0.3 is 10.1 Å². The largest absolute Gasteiger partial charge is 0.495 e. The normalized spacial score (nSPS) is 10.6. The zero-order chi connectivity index (χ0) is 16.9. The highest BCUT2D eigenvalue weighted by atomic mass is 32.2. The molecule has 8 heteroatoms. The predicted octanol–water partition coefficient (Wildman–Crippen LogP) is 2.44. The Bertz CT molecular complexity index is 829. The number of hydrogen-bond donors (Lipinski definition) is 1. The van der Waals surface area contributed by atoms with Gasteiger partial charge in [-0.3, -0.25) is 9.47 Å². The summed E-state index contributed by atoms with van der Waals surface area (Å²) in [5.41, 5.74) is 1.71. The third-order valence-corrected chi connectivity index (χ3v) is 4.23. The van der Waals surface area contributed by atoms with Gasteiger partial charge in [-0.05, 0) is 36.8 Å². The van der Waals surface area contributed by atoms with Crippen molar-refractivity contribution < 1.29 is 9.53 Å². The van der Waals surface area contributed by atoms with E-state index in [4.69, 9.17) is 4.74 Å². The summed E-state index contributed by atoms with van der Waals surface area (Å²) < 4.78 is 8.87. The molecule has 0 unspecified atom stereocenters. The van der Waals surface area contributed by atoms with Crippen molar-refractivity contribution in [2.45, 2.75) is 12.1 Å². The van der Waals surface area contributed by atoms with Gasteiger partial charge in [0.05, 0.1) is 18.6 Å². The lowest BCUT2D eigenvalue weighted by Crippen LogP contribution is -2.16. The molecule has 0 atom stereocenters. The molecule has 3 aromatic rings. The van der Waals surface area contributed by atoms with E-state index in [0.29, 0.717) is 16.6 Å². The van der Waals surface area contributed by atoms with E-state index < -0.39 is 0 Å². The summed E-state index contributed by atoms with van der Waals surface area (Å²) in [4.78, 5) is 12.2. The van der Waals surface area contributed by atoms with Gasteiger partial charge in [-0.2, -0.15) is 0 Å². The number of aryl methyl sites for hydroxylation is 1. The number of nitrogens with one attached hydrogen (secondary N) is 1. The van der Waals surface area contributed by atoms with Gasteiger partial charge in [0.25, 0.3) is 0 Å². The van der Waals surface area contributed by atoms with Crippen LogP contribution < -0.4 is 10.1 Å². The minimum absolute atomic E-state index is 0.133. The number of methoxy groups -OCH3 is 1. The smallest absolute Gasteiger partial charge is 0.234 e. The van der Waals surface area contributed by atoms with Crippen molar-refractivity contribution in [2.75, 3.05) is 18.2 Å². The SMILES string of the molecule is COc1ccc(C)cc1NC(=O)CSc1nncn1-n1cccc1. The van der Waals surface area contributed by atoms with Crippen molar-refractivity contribution in [3.8, 4) is 5.75 Å². The van der Waals surface area contributed by atoms with Gasteiger partial charge in [-0.15, -0.1) is 10.2 Å². The van der Waals surface area contributed by atoms with Gasteiger partial charge >= 0.3 is 0 Å². The lowest BCUT2D eigenvalue weighted by molar-refractivity contribution is -0.113. The van der Waals surface area contributed by atoms with Crippen LogP contribution in [0.3, 0.4) is 0 Å². The number of amides is 1. The van der Waals surface area contributed by atoms with E-state index >= 15 is 0 Å². The van der Waals surface area contributed by atoms with Gasteiger partial charge in [-0.25, -0.2) is 4.68 Å². The first-order valence-corrected chi connectivity index (χ1v) is 8.27. The number of benzene rings is 1. The van der Waals surface area contributed by atoms with Crippen molar-refractivity contribution in [3.63, 3.8) is 0 Å². The highest BCUT2D eigenvalue weighted by molar-refractivity contribution is 7.99. The highest BCUT2D eigenvalue weighted by Crippen LogP contribution is 2.25. The third kappa shape index (κ3) is 3.60. The first kappa shape index (κ1) is 16.1. The van der Waals surface area contributed by atoms with E-state index in [1.807, 2.05) is 54.3 Å². The zero-order valence-electron chi connectivity index (χ0n) is 13.3. The lowest BCUT2D eigenvalue weighted by Gasteiger charge is -2.11. The van der Waals surface area contributed by atoms with Crippen LogP contribution in [-0.2, 0) is 4.79 Å². The minimum atomic E-state index is -0.133. The average Bonchev–Trinajstić information content (AvgIpc) is 3.24. The predicted molar refractivity (Wildman–Crippen MR) is 92.3 cm³/mol. The van der Waals surface area contributed by atoms with Gasteiger partial charge in [0.2, 0.25) is 11.1 Å². The topological polar surface area (TPSA) is 74.0 Å². The molecule has 2 heterocycles. The number of aromatic nitrogens is 4. The molecule has 2 aromatic heterocycles. The maximum atomic E-state index is 12.2. The van der Waals surface area contributed by atoms with Crippen LogP contribution in [0.2, 0.25) is 0 Å². The van der Waals surface area contributed by atoms with Crippen LogP contribution in [-0.4, -0.2) is 38.3 Å². The molecule has 0 aliphatic heterocycles. The van der Waals surface area contributed by atoms with Gasteiger partial charge in [0.1, 0.15) is 12.1 Å². The summed E-state index contributed by atoms with van der Waals surface area (Å²) in [7, 11) is 1.58. The fourth-order valence-corrected chi connectivity index (χ4v) is 2.89. The fraction of sp³-hybridized carbons (Fsp3) is 0.188. The fourth-order valence-electron chi connectivity index (χ4n) is 2.18. The summed E-state index contributed by atoms with van der Waals surface area (Å²) in [5, 5.41) is 11.5. The third-order valence-electron chi connectivity index (χ3n) is 3.30. The Balaban J connectivity index is 1.65. The van der Waals surface area contributed by atoms with Crippen molar-refractivity contribution >= 4 is 23.4 Å². The molecule has 0 radical (unpaired) electrons. The molecule has 124 valence electrons. The Kier molecular flexibility index (Phi) is 4.85. The molecule has 3 rings (SSSR count). The minimum Gasteiger partial charge on any atom is -0.495 e. The van der Waals surface area contributed by atoms with Crippen LogP contribution >= 0.6 is 11.8 Å². The molecule has 1 amide bonds. The molecule has 24 heavy (non-hydrogen) atoms. The van der Waals surface area contributed by atoms with E-state index in [1.165, 1.54) is 11.8 Å². The number of nitrogens with zero attached hydrogens (tertiary/aromatic N) is 4. The van der Waals surface area contributed by atoms with Crippen LogP contribution in [0.4, 0.5) is 5.69 Å². The molecule has 0 fully saturated rings. The summed E-state index contributed by atoms with van der Waals surface area (Å²) in [5.74, 6) is 0.720. The molecule has 1 aromatic carbocycles. The first-order valence-electron chi connectivity index (χ1n) is 7.28. The Morgan fingerprint density at radius 1 is 1.33 bits per heavy atom. The molecule has 7 nitrogen and oxygen atoms in total. The number of rotatable bonds is 6. The number of carbonyl (C=O) groups is 1. The molecule has 0 saturated heterocycles. The summed E-state index contributed by atoms with van der Waals surface area (Å²) >= 11 is 1.31. The number of hydrogen-bond acceptors (Lipinski definition) is 5. The Morgan fingerprint density at radius 3 is 2.88 bits per heavy atom. The van der Waals surface area contributed by atoms with E-state index in [9.17, 15) is 4.79 Å². The van der Waals surface area contributed by atoms with Crippen molar-refractivity contribution in [3.05, 3.63) is 54.6 Å². The maximum Gasteiger partial charge on any atom is 0.234 e. The average molecular weight is 343 g/mol. The molecule has 0 bridgehead atoms. The highest BCUT2D eigenvalue weighted by Gasteiger charge is 2.12. The van der Waals surface area contributed by atoms with E-state index in [2.05, 4.69) is 15.5 Å². The molecule has 0 saturated carbocycles. The van der Waals surface area contributed by atoms with Crippen LogP contribution in [0.25, 0.3) is 0 Å². The second-order valence-electron chi connectivity index (χ2n) is 5.06. The van der Waals surface area contributed by atoms with Crippen LogP contribution in [0.1, 0.15) is 5.56 Å². The number of thioether (sulfide) groups is 1. The molecular formula is C16H17N5O2S. The van der Waals surface area contributed by atoms with Gasteiger partial charge in [0, 0.05) is 12.4 Å². The molecular weight excluding hydrogens is 326 g/mol. The van der Waals surface area contributed by atoms with Gasteiger partial charge in [0.15, 0.2) is 0 Å². The van der Waals surface area contributed by atoms with Crippen LogP contribution in [0.5, 0.6) is 5.75 Å². The summed E-state index contributed by atoms with van der Waals surface area (Å²) in [6, 6.07) is 9.46. The van der Waals surface area contributed by atoms with E-state index in [1.54, 1.807) is 18.1 Å². The number of anilines is 1. The summed E-state index contributed by atoms with van der Waals surface area (Å²) in [6.07, 6.45) is 5.36. The van der Waals surface area contributed by atoms with Crippen LogP contribution in [0, 0.1) is 6.92 Å². The van der Waals surface area contributed by atoms with Crippen molar-refractivity contribution in [1.29, 1.82) is 0 Å². The van der Waals surface area contributed by atoms with Gasteiger partial charge in [-0.1, -0.05) is 17.8 Å². The standard InChI is InChI=1S/C16H17N5O2S/c1-12-5-6-14(23-2)13(9-12)18-15(22)10-24-16-19-17-11-21(16)20-7-3-4-8-20/h3-9,11H,10H2,1-2H3,(H,18,22). The molecule has 1 N–H and O–H groups in total. The molecule has 0 aliphatic rings. The second kappa shape index (κ2) is 7.22. The Labute approximate surface area is 143 Å². The zero-order valence-corrected chi connectivity index (χ0v) is 14.2. The number of carbonyl (C=O) groups excluding carboxylic acids is 1. The molecule has 0 spiro atoms. The van der Waals surface area contributed by atoms with Crippen molar-refractivity contribution in [1.82, 2.24) is 19.5 Å². The first-order chi connectivity index (χ1) is 11.7. The number of ether oxygens (including phenoxy) is 1.